The van der Waals surface area contributed by atoms with E-state index in [9.17, 15) is 0 Å². The van der Waals surface area contributed by atoms with Gasteiger partial charge in [-0.15, -0.1) is 0 Å². The third kappa shape index (κ3) is 8.17. The molecule has 1 unspecified atom stereocenters. The highest BCUT2D eigenvalue weighted by molar-refractivity contribution is 7.99. The van der Waals surface area contributed by atoms with Crippen LogP contribution in [0.25, 0.3) is 0 Å². The summed E-state index contributed by atoms with van der Waals surface area (Å²) >= 11 is 1.88. The van der Waals surface area contributed by atoms with Gasteiger partial charge in [0.2, 0.25) is 0 Å². The Balaban J connectivity index is 3.01. The molecule has 2 N–H and O–H groups in total. The molecule has 2 atom stereocenters. The van der Waals surface area contributed by atoms with Crippen LogP contribution >= 0.6 is 11.8 Å². The monoisotopic (exact) mass is 177 g/mol. The maximum atomic E-state index is 8.91. The Morgan fingerprint density at radius 3 is 2.55 bits per heavy atom. The van der Waals surface area contributed by atoms with Gasteiger partial charge in [-0.05, 0) is 26.1 Å². The molecule has 0 spiro atoms. The third-order valence-electron chi connectivity index (χ3n) is 1.57. The summed E-state index contributed by atoms with van der Waals surface area (Å²) in [4.78, 5) is 0. The normalized spacial score (nSPS) is 16.4. The van der Waals surface area contributed by atoms with E-state index in [-0.39, 0.29) is 6.10 Å². The van der Waals surface area contributed by atoms with Gasteiger partial charge in [-0.1, -0.05) is 6.92 Å². The predicted molar refractivity (Wildman–Crippen MR) is 52.1 cm³/mol. The second-order valence-electron chi connectivity index (χ2n) is 2.89. The fourth-order valence-corrected chi connectivity index (χ4v) is 1.09. The molecule has 3 heteroatoms. The van der Waals surface area contributed by atoms with Crippen LogP contribution in [0.3, 0.4) is 0 Å². The molecule has 0 rings (SSSR count). The van der Waals surface area contributed by atoms with Crippen LogP contribution in [-0.2, 0) is 0 Å². The average molecular weight is 177 g/mol. The molecule has 0 heterocycles. The summed E-state index contributed by atoms with van der Waals surface area (Å²) in [6.07, 6.45) is 3.08. The summed E-state index contributed by atoms with van der Waals surface area (Å²) in [6.45, 7) is 5.73. The summed E-state index contributed by atoms with van der Waals surface area (Å²) in [7, 11) is 0. The minimum absolute atomic E-state index is 0.223. The molecule has 0 aromatic carbocycles. The van der Waals surface area contributed by atoms with E-state index >= 15 is 0 Å². The summed E-state index contributed by atoms with van der Waals surface area (Å²) in [5.41, 5.74) is 0. The van der Waals surface area contributed by atoms with Crippen LogP contribution in [0.1, 0.15) is 20.3 Å². The van der Waals surface area contributed by atoms with Crippen LogP contribution in [0, 0.1) is 0 Å². The molecule has 0 bridgehead atoms. The lowest BCUT2D eigenvalue weighted by atomic mass is 10.3. The van der Waals surface area contributed by atoms with E-state index in [1.54, 1.807) is 6.92 Å². The lowest BCUT2D eigenvalue weighted by molar-refractivity contribution is 0.191. The largest absolute Gasteiger partial charge is 0.392 e. The lowest BCUT2D eigenvalue weighted by Gasteiger charge is -2.09. The zero-order valence-electron chi connectivity index (χ0n) is 7.63. The number of aliphatic hydroxyl groups is 1. The molecule has 0 saturated heterocycles. The fourth-order valence-electron chi connectivity index (χ4n) is 0.734. The smallest absolute Gasteiger partial charge is 0.0636 e. The Morgan fingerprint density at radius 2 is 2.09 bits per heavy atom. The van der Waals surface area contributed by atoms with Crippen LogP contribution in [-0.4, -0.2) is 35.8 Å². The van der Waals surface area contributed by atoms with Gasteiger partial charge in [0.05, 0.1) is 6.10 Å². The number of nitrogens with one attached hydrogen (secondary N) is 1. The van der Waals surface area contributed by atoms with Crippen LogP contribution in [0.15, 0.2) is 0 Å². The van der Waals surface area contributed by atoms with E-state index in [0.29, 0.717) is 6.54 Å². The molecule has 0 radical (unpaired) electrons. The van der Waals surface area contributed by atoms with Crippen molar-refractivity contribution in [3.8, 4) is 0 Å². The van der Waals surface area contributed by atoms with Gasteiger partial charge >= 0.3 is 0 Å². The van der Waals surface area contributed by atoms with E-state index in [1.807, 2.05) is 11.8 Å². The molecular weight excluding hydrogens is 158 g/mol. The summed E-state index contributed by atoms with van der Waals surface area (Å²) in [5, 5.41) is 12.8. The van der Waals surface area contributed by atoms with E-state index in [0.717, 1.165) is 11.8 Å². The third-order valence-corrected chi connectivity index (χ3v) is 2.61. The van der Waals surface area contributed by atoms with E-state index < -0.39 is 0 Å². The van der Waals surface area contributed by atoms with Gasteiger partial charge in [-0.2, -0.15) is 11.8 Å². The van der Waals surface area contributed by atoms with Crippen molar-refractivity contribution >= 4 is 11.8 Å². The molecule has 2 nitrogen and oxygen atoms in total. The van der Waals surface area contributed by atoms with Gasteiger partial charge in [0.15, 0.2) is 0 Å². The average Bonchev–Trinajstić information content (AvgIpc) is 1.97. The molecular formula is C8H19NOS. The first-order valence-corrected chi connectivity index (χ1v) is 5.37. The number of hydrogen-bond acceptors (Lipinski definition) is 3. The van der Waals surface area contributed by atoms with Crippen LogP contribution in [0.4, 0.5) is 0 Å². The summed E-state index contributed by atoms with van der Waals surface area (Å²) in [6, 6.07) is 0. The Labute approximate surface area is 73.8 Å². The first kappa shape index (κ1) is 11.3. The molecule has 0 aliphatic carbocycles. The zero-order valence-corrected chi connectivity index (χ0v) is 8.45. The van der Waals surface area contributed by atoms with Gasteiger partial charge in [0.1, 0.15) is 0 Å². The molecule has 0 aliphatic heterocycles. The minimum atomic E-state index is -0.223. The highest BCUT2D eigenvalue weighted by atomic mass is 32.2. The highest BCUT2D eigenvalue weighted by Gasteiger charge is 1.98. The Morgan fingerprint density at radius 1 is 1.45 bits per heavy atom. The molecule has 68 valence electrons. The second-order valence-corrected chi connectivity index (χ2v) is 4.16. The minimum Gasteiger partial charge on any atom is -0.392 e. The molecule has 0 aliphatic rings. The second kappa shape index (κ2) is 6.95. The SMILES string of the molecule is CSC(C)CCNC[C@@H](C)O. The molecule has 0 aromatic rings. The van der Waals surface area contributed by atoms with Gasteiger partial charge < -0.3 is 10.4 Å². The maximum absolute atomic E-state index is 8.91. The van der Waals surface area contributed by atoms with Crippen molar-refractivity contribution < 1.29 is 5.11 Å². The van der Waals surface area contributed by atoms with Gasteiger partial charge in [0, 0.05) is 11.8 Å². The van der Waals surface area contributed by atoms with Crippen LogP contribution in [0.5, 0.6) is 0 Å². The van der Waals surface area contributed by atoms with Crippen molar-refractivity contribution in [2.24, 2.45) is 0 Å². The van der Waals surface area contributed by atoms with Crippen molar-refractivity contribution in [2.75, 3.05) is 19.3 Å². The number of aliphatic hydroxyl groups excluding tert-OH is 1. The number of rotatable bonds is 6. The number of hydrogen-bond donors (Lipinski definition) is 2. The molecule has 0 aromatic heterocycles. The van der Waals surface area contributed by atoms with Crippen molar-refractivity contribution in [1.82, 2.24) is 5.32 Å². The zero-order chi connectivity index (χ0) is 8.69. The van der Waals surface area contributed by atoms with Gasteiger partial charge in [-0.3, -0.25) is 0 Å². The van der Waals surface area contributed by atoms with Gasteiger partial charge in [-0.25, -0.2) is 0 Å². The highest BCUT2D eigenvalue weighted by Crippen LogP contribution is 2.07. The molecule has 0 saturated carbocycles. The van der Waals surface area contributed by atoms with E-state index in [4.69, 9.17) is 5.11 Å². The first-order valence-electron chi connectivity index (χ1n) is 4.08. The standard InChI is InChI=1S/C8H19NOS/c1-7(10)6-9-5-4-8(2)11-3/h7-10H,4-6H2,1-3H3/t7-,8?/m1/s1. The number of thioether (sulfide) groups is 1. The molecule has 0 fully saturated rings. The van der Waals surface area contributed by atoms with Crippen LogP contribution in [0.2, 0.25) is 0 Å². The molecule has 11 heavy (non-hydrogen) atoms. The summed E-state index contributed by atoms with van der Waals surface area (Å²) in [5.74, 6) is 0. The lowest BCUT2D eigenvalue weighted by Crippen LogP contribution is -2.26. The van der Waals surface area contributed by atoms with Crippen LogP contribution < -0.4 is 5.32 Å². The Hall–Kier alpha value is 0.270. The van der Waals surface area contributed by atoms with E-state index in [1.165, 1.54) is 6.42 Å². The predicted octanol–water partition coefficient (Wildman–Crippen LogP) is 1.10. The fraction of sp³-hybridized carbons (Fsp3) is 1.00. The van der Waals surface area contributed by atoms with Crippen molar-refractivity contribution in [2.45, 2.75) is 31.6 Å². The van der Waals surface area contributed by atoms with E-state index in [2.05, 4.69) is 18.5 Å². The quantitative estimate of drug-likeness (QED) is 0.596. The maximum Gasteiger partial charge on any atom is 0.0636 e. The first-order chi connectivity index (χ1) is 5.16. The Bertz CT molecular complexity index is 88.2. The Kier molecular flexibility index (Phi) is 7.12. The van der Waals surface area contributed by atoms with Gasteiger partial charge in [0.25, 0.3) is 0 Å². The molecule has 0 amide bonds. The van der Waals surface area contributed by atoms with Crippen molar-refractivity contribution in [3.05, 3.63) is 0 Å². The summed E-state index contributed by atoms with van der Waals surface area (Å²) < 4.78 is 0. The van der Waals surface area contributed by atoms with Crippen molar-refractivity contribution in [3.63, 3.8) is 0 Å². The topological polar surface area (TPSA) is 32.3 Å². The van der Waals surface area contributed by atoms with Crippen molar-refractivity contribution in [1.29, 1.82) is 0 Å².